The number of amidine groups is 2. The SMILES string of the molecule is c1ccc(-c2ccc3c(c2)c2ccccc2n3-c2c(-c3ccccc3)cc(C3=NC(c4cccc5oc6ccccc6c45)=N[C@@H](c4ccc5c(c4)oc4ccccc45)N3)cc2-c2ccccc2)cc1. The van der Waals surface area contributed by atoms with Crippen LogP contribution in [0.5, 0.6) is 0 Å². The van der Waals surface area contributed by atoms with E-state index in [1.807, 2.05) is 36.4 Å². The van der Waals surface area contributed by atoms with E-state index in [9.17, 15) is 0 Å². The lowest BCUT2D eigenvalue weighted by Crippen LogP contribution is -2.33. The number of furan rings is 2. The van der Waals surface area contributed by atoms with Crippen LogP contribution in [0.25, 0.3) is 105 Å². The maximum absolute atomic E-state index is 6.45. The van der Waals surface area contributed by atoms with E-state index in [0.29, 0.717) is 11.7 Å². The Kier molecular flexibility index (Phi) is 8.86. The summed E-state index contributed by atoms with van der Waals surface area (Å²) in [6, 6.07) is 81.3. The highest BCUT2D eigenvalue weighted by Gasteiger charge is 2.28. The average molecular weight is 885 g/mol. The molecule has 0 unspecified atom stereocenters. The predicted octanol–water partition coefficient (Wildman–Crippen LogP) is 16.1. The molecular weight excluding hydrogens is 845 g/mol. The Morgan fingerprint density at radius 1 is 0.377 bits per heavy atom. The summed E-state index contributed by atoms with van der Waals surface area (Å²) in [7, 11) is 0. The molecule has 0 spiro atoms. The van der Waals surface area contributed by atoms with Gasteiger partial charge >= 0.3 is 0 Å². The molecule has 14 rings (SSSR count). The van der Waals surface area contributed by atoms with Crippen molar-refractivity contribution in [1.29, 1.82) is 0 Å². The smallest absolute Gasteiger partial charge is 0.160 e. The molecule has 1 aliphatic rings. The quantitative estimate of drug-likeness (QED) is 0.173. The average Bonchev–Trinajstić information content (AvgIpc) is 4.10. The number of nitrogens with one attached hydrogen (secondary N) is 1. The van der Waals surface area contributed by atoms with Gasteiger partial charge in [-0.25, -0.2) is 9.98 Å². The summed E-state index contributed by atoms with van der Waals surface area (Å²) in [6.07, 6.45) is -0.505. The highest BCUT2D eigenvalue weighted by molar-refractivity contribution is 6.22. The number of hydrogen-bond donors (Lipinski definition) is 1. The van der Waals surface area contributed by atoms with Crippen molar-refractivity contribution in [2.45, 2.75) is 6.17 Å². The summed E-state index contributed by atoms with van der Waals surface area (Å²) in [4.78, 5) is 11.0. The van der Waals surface area contributed by atoms with Crippen LogP contribution in [0.3, 0.4) is 0 Å². The fraction of sp³-hybridized carbons (Fsp3) is 0.0159. The van der Waals surface area contributed by atoms with Crippen molar-refractivity contribution >= 4 is 77.4 Å². The molecule has 6 heteroatoms. The highest BCUT2D eigenvalue weighted by atomic mass is 16.3. The molecule has 69 heavy (non-hydrogen) atoms. The van der Waals surface area contributed by atoms with Crippen LogP contribution < -0.4 is 5.32 Å². The molecule has 3 aromatic heterocycles. The van der Waals surface area contributed by atoms with E-state index in [1.54, 1.807) is 0 Å². The van der Waals surface area contributed by atoms with Gasteiger partial charge in [0.05, 0.1) is 16.7 Å². The zero-order valence-electron chi connectivity index (χ0n) is 37.2. The summed E-state index contributed by atoms with van der Waals surface area (Å²) >= 11 is 0. The molecule has 0 amide bonds. The van der Waals surface area contributed by atoms with Gasteiger partial charge in [0, 0.05) is 60.1 Å². The van der Waals surface area contributed by atoms with Gasteiger partial charge in [0.25, 0.3) is 0 Å². The lowest BCUT2D eigenvalue weighted by Gasteiger charge is -2.26. The van der Waals surface area contributed by atoms with Crippen molar-refractivity contribution in [3.8, 4) is 39.1 Å². The third-order valence-corrected chi connectivity index (χ3v) is 13.7. The van der Waals surface area contributed by atoms with Gasteiger partial charge in [-0.3, -0.25) is 0 Å². The second-order valence-electron chi connectivity index (χ2n) is 17.7. The molecule has 13 aromatic rings. The van der Waals surface area contributed by atoms with Crippen LogP contribution in [0.15, 0.2) is 249 Å². The molecule has 324 valence electrons. The van der Waals surface area contributed by atoms with Gasteiger partial charge in [0.1, 0.15) is 34.3 Å². The van der Waals surface area contributed by atoms with E-state index in [-0.39, 0.29) is 0 Å². The molecular formula is C63H40N4O2. The maximum atomic E-state index is 6.45. The van der Waals surface area contributed by atoms with E-state index in [4.69, 9.17) is 18.8 Å². The van der Waals surface area contributed by atoms with E-state index in [1.165, 1.54) is 21.9 Å². The molecule has 1 aliphatic heterocycles. The Labute approximate surface area is 396 Å². The number of rotatable bonds is 7. The fourth-order valence-electron chi connectivity index (χ4n) is 10.5. The standard InChI is InChI=1S/C63H40N4O2/c1-4-17-39(18-5-1)42-32-34-54-52(35-42)45-23-10-13-27-53(45)67(54)60-50(40-19-6-2-7-20-40)36-44(37-51(60)41-21-8-3-9-22-41)62-64-61(43-31-33-47-46-24-11-14-28-55(46)69-58(47)38-43)65-63(66-62)49-26-16-30-57-59(49)48-25-12-15-29-56(48)68-57/h1-38,61H,(H,64,65,66)/t61-/m0/s1. The molecule has 0 radical (unpaired) electrons. The minimum absolute atomic E-state index is 0.505. The summed E-state index contributed by atoms with van der Waals surface area (Å²) in [6.45, 7) is 0. The van der Waals surface area contributed by atoms with Crippen molar-refractivity contribution in [2.75, 3.05) is 0 Å². The summed E-state index contributed by atoms with van der Waals surface area (Å²) in [5.41, 5.74) is 16.1. The highest BCUT2D eigenvalue weighted by Crippen LogP contribution is 2.44. The van der Waals surface area contributed by atoms with Gasteiger partial charge < -0.3 is 18.7 Å². The Bertz CT molecular complexity index is 4160. The predicted molar refractivity (Wildman–Crippen MR) is 283 cm³/mol. The Hall–Kier alpha value is -9.26. The van der Waals surface area contributed by atoms with Crippen LogP contribution >= 0.6 is 0 Å². The minimum atomic E-state index is -0.505. The maximum Gasteiger partial charge on any atom is 0.160 e. The molecule has 0 aliphatic carbocycles. The number of benzene rings is 10. The number of aromatic nitrogens is 1. The van der Waals surface area contributed by atoms with Crippen molar-refractivity contribution in [1.82, 2.24) is 9.88 Å². The minimum Gasteiger partial charge on any atom is -0.456 e. The second-order valence-corrected chi connectivity index (χ2v) is 17.7. The zero-order valence-corrected chi connectivity index (χ0v) is 37.2. The number of hydrogen-bond acceptors (Lipinski definition) is 5. The first-order valence-electron chi connectivity index (χ1n) is 23.3. The molecule has 0 saturated heterocycles. The molecule has 1 N–H and O–H groups in total. The van der Waals surface area contributed by atoms with Gasteiger partial charge in [-0.1, -0.05) is 176 Å². The normalized spacial score (nSPS) is 13.9. The van der Waals surface area contributed by atoms with Crippen molar-refractivity contribution in [3.63, 3.8) is 0 Å². The third kappa shape index (κ3) is 6.41. The van der Waals surface area contributed by atoms with Gasteiger partial charge in [0.2, 0.25) is 0 Å². The van der Waals surface area contributed by atoms with E-state index < -0.39 is 6.17 Å². The van der Waals surface area contributed by atoms with Gasteiger partial charge in [0.15, 0.2) is 5.84 Å². The lowest BCUT2D eigenvalue weighted by molar-refractivity contribution is 0.655. The summed E-state index contributed by atoms with van der Waals surface area (Å²) < 4.78 is 15.3. The molecule has 0 bridgehead atoms. The van der Waals surface area contributed by atoms with Crippen LogP contribution in [-0.4, -0.2) is 16.2 Å². The number of para-hydroxylation sites is 3. The first-order valence-corrected chi connectivity index (χ1v) is 23.3. The Balaban J connectivity index is 1.03. The fourth-order valence-corrected chi connectivity index (χ4v) is 10.5. The first-order chi connectivity index (χ1) is 34.2. The van der Waals surface area contributed by atoms with Gasteiger partial charge in [-0.05, 0) is 76.9 Å². The molecule has 1 atom stereocenters. The molecule has 10 aromatic carbocycles. The Morgan fingerprint density at radius 3 is 1.70 bits per heavy atom. The zero-order chi connectivity index (χ0) is 45.4. The van der Waals surface area contributed by atoms with Crippen LogP contribution in [0.4, 0.5) is 0 Å². The van der Waals surface area contributed by atoms with Gasteiger partial charge in [-0.2, -0.15) is 0 Å². The summed E-state index contributed by atoms with van der Waals surface area (Å²) in [5.74, 6) is 1.31. The van der Waals surface area contributed by atoms with Crippen LogP contribution in [0.1, 0.15) is 22.9 Å². The first kappa shape index (κ1) is 39.0. The van der Waals surface area contributed by atoms with E-state index in [0.717, 1.165) is 99.5 Å². The molecule has 0 fully saturated rings. The van der Waals surface area contributed by atoms with Crippen LogP contribution in [0, 0.1) is 0 Å². The number of fused-ring (bicyclic) bond motifs is 9. The van der Waals surface area contributed by atoms with E-state index >= 15 is 0 Å². The van der Waals surface area contributed by atoms with Gasteiger partial charge in [-0.15, -0.1) is 0 Å². The van der Waals surface area contributed by atoms with Crippen LogP contribution in [-0.2, 0) is 0 Å². The molecule has 4 heterocycles. The molecule has 0 saturated carbocycles. The van der Waals surface area contributed by atoms with Crippen molar-refractivity contribution in [3.05, 3.63) is 247 Å². The monoisotopic (exact) mass is 884 g/mol. The van der Waals surface area contributed by atoms with Crippen molar-refractivity contribution < 1.29 is 8.83 Å². The molecule has 6 nitrogen and oxygen atoms in total. The van der Waals surface area contributed by atoms with Crippen molar-refractivity contribution in [2.24, 2.45) is 9.98 Å². The summed E-state index contributed by atoms with van der Waals surface area (Å²) in [5, 5.41) is 10.4. The lowest BCUT2D eigenvalue weighted by atomic mass is 9.92. The van der Waals surface area contributed by atoms with Crippen LogP contribution in [0.2, 0.25) is 0 Å². The third-order valence-electron chi connectivity index (χ3n) is 13.7. The number of nitrogens with zero attached hydrogens (tertiary/aromatic N) is 3. The number of aliphatic imine (C=N–C) groups is 2. The second kappa shape index (κ2) is 15.7. The topological polar surface area (TPSA) is 68.0 Å². The largest absolute Gasteiger partial charge is 0.456 e. The Morgan fingerprint density at radius 2 is 0.957 bits per heavy atom. The van der Waals surface area contributed by atoms with E-state index in [2.05, 4.69) is 204 Å².